The summed E-state index contributed by atoms with van der Waals surface area (Å²) in [6, 6.07) is 0. The minimum atomic E-state index is 0.0888. The number of ether oxygens (including phenoxy) is 1. The van der Waals surface area contributed by atoms with Gasteiger partial charge in [0, 0.05) is 25.7 Å². The Balaban J connectivity index is 2.40. The standard InChI is InChI=1S/C10H22N2O/c1-9(4-5-9)10(2,8-11)12-6-7-13-3/h12H,4-8,11H2,1-3H3. The van der Waals surface area contributed by atoms with Gasteiger partial charge in [-0.15, -0.1) is 0 Å². The smallest absolute Gasteiger partial charge is 0.0587 e. The Morgan fingerprint density at radius 1 is 1.54 bits per heavy atom. The highest BCUT2D eigenvalue weighted by Gasteiger charge is 2.51. The largest absolute Gasteiger partial charge is 0.383 e. The first-order chi connectivity index (χ1) is 6.08. The Labute approximate surface area is 81.0 Å². The van der Waals surface area contributed by atoms with Crippen molar-refractivity contribution in [2.75, 3.05) is 26.8 Å². The molecule has 1 unspecified atom stereocenters. The SMILES string of the molecule is COCCNC(C)(CN)C1(C)CC1. The van der Waals surface area contributed by atoms with Crippen LogP contribution in [-0.4, -0.2) is 32.3 Å². The van der Waals surface area contributed by atoms with Crippen LogP contribution in [0.3, 0.4) is 0 Å². The van der Waals surface area contributed by atoms with Gasteiger partial charge >= 0.3 is 0 Å². The van der Waals surface area contributed by atoms with Crippen molar-refractivity contribution < 1.29 is 4.74 Å². The Morgan fingerprint density at radius 2 is 2.15 bits per heavy atom. The predicted molar refractivity (Wildman–Crippen MR) is 54.7 cm³/mol. The first-order valence-electron chi connectivity index (χ1n) is 5.02. The van der Waals surface area contributed by atoms with E-state index in [1.54, 1.807) is 7.11 Å². The number of hydrogen-bond acceptors (Lipinski definition) is 3. The Bertz CT molecular complexity index is 168. The molecule has 78 valence electrons. The lowest BCUT2D eigenvalue weighted by Gasteiger charge is -2.36. The van der Waals surface area contributed by atoms with Crippen LogP contribution in [0.25, 0.3) is 0 Å². The lowest BCUT2D eigenvalue weighted by molar-refractivity contribution is 0.166. The Hall–Kier alpha value is -0.120. The van der Waals surface area contributed by atoms with E-state index in [0.29, 0.717) is 12.0 Å². The van der Waals surface area contributed by atoms with Gasteiger partial charge in [0.15, 0.2) is 0 Å². The summed E-state index contributed by atoms with van der Waals surface area (Å²) in [5, 5.41) is 3.50. The van der Waals surface area contributed by atoms with Crippen LogP contribution in [0, 0.1) is 5.41 Å². The molecule has 1 aliphatic rings. The van der Waals surface area contributed by atoms with E-state index in [1.165, 1.54) is 12.8 Å². The van der Waals surface area contributed by atoms with Crippen molar-refractivity contribution in [3.63, 3.8) is 0 Å². The van der Waals surface area contributed by atoms with Crippen molar-refractivity contribution in [3.05, 3.63) is 0 Å². The van der Waals surface area contributed by atoms with Gasteiger partial charge in [0.1, 0.15) is 0 Å². The van der Waals surface area contributed by atoms with Crippen LogP contribution >= 0.6 is 0 Å². The van der Waals surface area contributed by atoms with Crippen LogP contribution in [-0.2, 0) is 4.74 Å². The number of hydrogen-bond donors (Lipinski definition) is 2. The molecule has 0 amide bonds. The van der Waals surface area contributed by atoms with E-state index >= 15 is 0 Å². The molecule has 3 N–H and O–H groups in total. The molecule has 1 atom stereocenters. The molecule has 0 saturated heterocycles. The first kappa shape index (κ1) is 11.0. The van der Waals surface area contributed by atoms with Gasteiger partial charge in [-0.3, -0.25) is 0 Å². The fourth-order valence-electron chi connectivity index (χ4n) is 1.70. The van der Waals surface area contributed by atoms with E-state index < -0.39 is 0 Å². The van der Waals surface area contributed by atoms with Crippen molar-refractivity contribution in [3.8, 4) is 0 Å². The molecule has 0 bridgehead atoms. The third-order valence-corrected chi connectivity index (χ3v) is 3.56. The number of nitrogens with two attached hydrogens (primary N) is 1. The Morgan fingerprint density at radius 3 is 2.54 bits per heavy atom. The van der Waals surface area contributed by atoms with Crippen LogP contribution in [0.4, 0.5) is 0 Å². The molecule has 0 aliphatic heterocycles. The zero-order valence-corrected chi connectivity index (χ0v) is 9.02. The van der Waals surface area contributed by atoms with E-state index in [9.17, 15) is 0 Å². The zero-order chi connectivity index (χ0) is 9.95. The van der Waals surface area contributed by atoms with Crippen molar-refractivity contribution in [1.82, 2.24) is 5.32 Å². The third-order valence-electron chi connectivity index (χ3n) is 3.56. The van der Waals surface area contributed by atoms with Gasteiger partial charge in [-0.1, -0.05) is 6.92 Å². The topological polar surface area (TPSA) is 47.3 Å². The molecule has 1 aliphatic carbocycles. The monoisotopic (exact) mass is 186 g/mol. The van der Waals surface area contributed by atoms with E-state index in [2.05, 4.69) is 19.2 Å². The molecule has 1 rings (SSSR count). The molecule has 1 saturated carbocycles. The molecule has 13 heavy (non-hydrogen) atoms. The maximum absolute atomic E-state index is 5.81. The minimum Gasteiger partial charge on any atom is -0.383 e. The molecule has 0 spiro atoms. The highest BCUT2D eigenvalue weighted by molar-refractivity contribution is 5.08. The number of methoxy groups -OCH3 is 1. The van der Waals surface area contributed by atoms with E-state index in [-0.39, 0.29) is 5.54 Å². The average molecular weight is 186 g/mol. The second-order valence-electron chi connectivity index (χ2n) is 4.52. The fraction of sp³-hybridized carbons (Fsp3) is 1.00. The second kappa shape index (κ2) is 3.95. The number of nitrogens with one attached hydrogen (secondary N) is 1. The summed E-state index contributed by atoms with van der Waals surface area (Å²) < 4.78 is 5.01. The summed E-state index contributed by atoms with van der Waals surface area (Å²) in [7, 11) is 1.72. The molecular weight excluding hydrogens is 164 g/mol. The molecule has 0 aromatic heterocycles. The zero-order valence-electron chi connectivity index (χ0n) is 9.02. The average Bonchev–Trinajstić information content (AvgIpc) is 2.85. The van der Waals surface area contributed by atoms with E-state index in [1.807, 2.05) is 0 Å². The van der Waals surface area contributed by atoms with Crippen molar-refractivity contribution in [2.45, 2.75) is 32.2 Å². The van der Waals surface area contributed by atoms with Gasteiger partial charge in [-0.05, 0) is 25.2 Å². The van der Waals surface area contributed by atoms with Gasteiger partial charge in [0.25, 0.3) is 0 Å². The molecule has 0 heterocycles. The van der Waals surface area contributed by atoms with Gasteiger partial charge < -0.3 is 15.8 Å². The minimum absolute atomic E-state index is 0.0888. The van der Waals surface area contributed by atoms with Crippen LogP contribution in [0.2, 0.25) is 0 Å². The lowest BCUT2D eigenvalue weighted by Crippen LogP contribution is -2.55. The quantitative estimate of drug-likeness (QED) is 0.601. The van der Waals surface area contributed by atoms with Crippen LogP contribution in [0.5, 0.6) is 0 Å². The number of rotatable bonds is 6. The molecule has 0 radical (unpaired) electrons. The summed E-state index contributed by atoms with van der Waals surface area (Å²) in [5.41, 5.74) is 6.31. The molecule has 0 aromatic carbocycles. The molecule has 3 heteroatoms. The second-order valence-corrected chi connectivity index (χ2v) is 4.52. The van der Waals surface area contributed by atoms with Crippen molar-refractivity contribution in [2.24, 2.45) is 11.1 Å². The summed E-state index contributed by atoms with van der Waals surface area (Å²) in [4.78, 5) is 0. The van der Waals surface area contributed by atoms with Crippen molar-refractivity contribution in [1.29, 1.82) is 0 Å². The third kappa shape index (κ3) is 2.22. The first-order valence-corrected chi connectivity index (χ1v) is 5.02. The lowest BCUT2D eigenvalue weighted by atomic mass is 9.84. The molecule has 3 nitrogen and oxygen atoms in total. The van der Waals surface area contributed by atoms with Gasteiger partial charge in [0.2, 0.25) is 0 Å². The highest BCUT2D eigenvalue weighted by atomic mass is 16.5. The van der Waals surface area contributed by atoms with Crippen molar-refractivity contribution >= 4 is 0 Å². The highest BCUT2D eigenvalue weighted by Crippen LogP contribution is 2.53. The normalized spacial score (nSPS) is 24.0. The van der Waals surface area contributed by atoms with Gasteiger partial charge in [-0.25, -0.2) is 0 Å². The van der Waals surface area contributed by atoms with E-state index in [0.717, 1.165) is 13.2 Å². The fourth-order valence-corrected chi connectivity index (χ4v) is 1.70. The Kier molecular flexibility index (Phi) is 3.33. The molecular formula is C10H22N2O. The van der Waals surface area contributed by atoms with Gasteiger partial charge in [-0.2, -0.15) is 0 Å². The molecule has 1 fully saturated rings. The van der Waals surface area contributed by atoms with Gasteiger partial charge in [0.05, 0.1) is 6.61 Å². The maximum Gasteiger partial charge on any atom is 0.0587 e. The predicted octanol–water partition coefficient (Wildman–Crippen LogP) is 0.740. The molecule has 0 aromatic rings. The maximum atomic E-state index is 5.81. The van der Waals surface area contributed by atoms with E-state index in [4.69, 9.17) is 10.5 Å². The van der Waals surface area contributed by atoms with Crippen LogP contribution in [0.1, 0.15) is 26.7 Å². The summed E-state index contributed by atoms with van der Waals surface area (Å²) in [5.74, 6) is 0. The summed E-state index contributed by atoms with van der Waals surface area (Å²) in [6.07, 6.45) is 2.58. The van der Waals surface area contributed by atoms with Crippen LogP contribution in [0.15, 0.2) is 0 Å². The summed E-state index contributed by atoms with van der Waals surface area (Å²) >= 11 is 0. The summed E-state index contributed by atoms with van der Waals surface area (Å²) in [6.45, 7) is 6.87. The van der Waals surface area contributed by atoms with Crippen LogP contribution < -0.4 is 11.1 Å².